The van der Waals surface area contributed by atoms with Crippen LogP contribution in [0.15, 0.2) is 24.3 Å². The molecule has 1 unspecified atom stereocenters. The van der Waals surface area contributed by atoms with Crippen LogP contribution in [0.2, 0.25) is 0 Å². The Morgan fingerprint density at radius 3 is 2.70 bits per heavy atom. The Hall–Kier alpha value is -1.02. The summed E-state index contributed by atoms with van der Waals surface area (Å²) in [5.41, 5.74) is 2.68. The third kappa shape index (κ3) is 4.24. The standard InChI is InChI=1S/C18H30N2/c1-4-12-19-18(16-9-5-6-10-16)14-20(3)17-11-7-8-15(2)13-17/h7-8,11,13,16,18-19H,4-6,9-10,12,14H2,1-3H3. The number of likely N-dealkylation sites (N-methyl/N-ethyl adjacent to an activating group) is 1. The van der Waals surface area contributed by atoms with Crippen LogP contribution in [0.3, 0.4) is 0 Å². The van der Waals surface area contributed by atoms with Gasteiger partial charge < -0.3 is 10.2 Å². The van der Waals surface area contributed by atoms with Crippen LogP contribution in [-0.4, -0.2) is 26.2 Å². The molecule has 0 amide bonds. The van der Waals surface area contributed by atoms with Crippen molar-refractivity contribution >= 4 is 5.69 Å². The van der Waals surface area contributed by atoms with E-state index in [2.05, 4.69) is 55.4 Å². The van der Waals surface area contributed by atoms with E-state index in [9.17, 15) is 0 Å². The molecule has 2 nitrogen and oxygen atoms in total. The lowest BCUT2D eigenvalue weighted by molar-refractivity contribution is 0.361. The van der Waals surface area contributed by atoms with Gasteiger partial charge in [0.1, 0.15) is 0 Å². The van der Waals surface area contributed by atoms with E-state index in [0.717, 1.165) is 19.0 Å². The lowest BCUT2D eigenvalue weighted by Gasteiger charge is -2.31. The number of anilines is 1. The van der Waals surface area contributed by atoms with Crippen LogP contribution in [0.25, 0.3) is 0 Å². The largest absolute Gasteiger partial charge is 0.373 e. The number of aryl methyl sites for hydroxylation is 1. The SMILES string of the molecule is CCCNC(CN(C)c1cccc(C)c1)C1CCCC1. The Labute approximate surface area is 124 Å². The normalized spacial score (nSPS) is 17.4. The monoisotopic (exact) mass is 274 g/mol. The highest BCUT2D eigenvalue weighted by Gasteiger charge is 2.25. The number of benzene rings is 1. The Morgan fingerprint density at radius 2 is 2.05 bits per heavy atom. The van der Waals surface area contributed by atoms with E-state index >= 15 is 0 Å². The van der Waals surface area contributed by atoms with Crippen molar-refractivity contribution in [2.45, 2.75) is 52.0 Å². The summed E-state index contributed by atoms with van der Waals surface area (Å²) in [4.78, 5) is 2.42. The van der Waals surface area contributed by atoms with Crippen molar-refractivity contribution in [1.82, 2.24) is 5.32 Å². The number of hydrogen-bond acceptors (Lipinski definition) is 2. The minimum Gasteiger partial charge on any atom is -0.373 e. The molecule has 0 spiro atoms. The molecule has 112 valence electrons. The zero-order chi connectivity index (χ0) is 14.4. The summed E-state index contributed by atoms with van der Waals surface area (Å²) in [6.45, 7) is 6.68. The molecule has 0 radical (unpaired) electrons. The quantitative estimate of drug-likeness (QED) is 0.809. The first-order valence-electron chi connectivity index (χ1n) is 8.22. The first kappa shape index (κ1) is 15.4. The fraction of sp³-hybridized carbons (Fsp3) is 0.667. The van der Waals surface area contributed by atoms with E-state index in [1.54, 1.807) is 0 Å². The second-order valence-electron chi connectivity index (χ2n) is 6.32. The van der Waals surface area contributed by atoms with E-state index in [0.29, 0.717) is 6.04 Å². The van der Waals surface area contributed by atoms with Crippen LogP contribution < -0.4 is 10.2 Å². The zero-order valence-electron chi connectivity index (χ0n) is 13.4. The second-order valence-corrected chi connectivity index (χ2v) is 6.32. The summed E-state index contributed by atoms with van der Waals surface area (Å²) in [6, 6.07) is 9.47. The lowest BCUT2D eigenvalue weighted by atomic mass is 9.97. The highest BCUT2D eigenvalue weighted by Crippen LogP contribution is 2.28. The molecule has 0 aromatic heterocycles. The van der Waals surface area contributed by atoms with Crippen LogP contribution in [0.1, 0.15) is 44.6 Å². The summed E-state index contributed by atoms with van der Waals surface area (Å²) >= 11 is 0. The Balaban J connectivity index is 1.98. The molecule has 0 aliphatic heterocycles. The summed E-state index contributed by atoms with van der Waals surface area (Å²) in [5, 5.41) is 3.78. The minimum atomic E-state index is 0.642. The van der Waals surface area contributed by atoms with Crippen LogP contribution in [-0.2, 0) is 0 Å². The van der Waals surface area contributed by atoms with Gasteiger partial charge in [0, 0.05) is 25.3 Å². The minimum absolute atomic E-state index is 0.642. The Bertz CT molecular complexity index is 396. The van der Waals surface area contributed by atoms with Gasteiger partial charge in [0.05, 0.1) is 0 Å². The van der Waals surface area contributed by atoms with Crippen molar-refractivity contribution in [1.29, 1.82) is 0 Å². The first-order chi connectivity index (χ1) is 9.70. The van der Waals surface area contributed by atoms with Gasteiger partial charge in [0.2, 0.25) is 0 Å². The Kier molecular flexibility index (Phi) is 5.90. The van der Waals surface area contributed by atoms with Crippen LogP contribution in [0.5, 0.6) is 0 Å². The van der Waals surface area contributed by atoms with Crippen molar-refractivity contribution in [3.63, 3.8) is 0 Å². The van der Waals surface area contributed by atoms with Gasteiger partial charge in [-0.2, -0.15) is 0 Å². The fourth-order valence-electron chi connectivity index (χ4n) is 3.34. The molecule has 1 atom stereocenters. The maximum atomic E-state index is 3.78. The summed E-state index contributed by atoms with van der Waals surface area (Å²) in [7, 11) is 2.23. The van der Waals surface area contributed by atoms with Crippen LogP contribution in [0.4, 0.5) is 5.69 Å². The van der Waals surface area contributed by atoms with E-state index < -0.39 is 0 Å². The average molecular weight is 274 g/mol. The van der Waals surface area contributed by atoms with Gasteiger partial charge in [-0.15, -0.1) is 0 Å². The highest BCUT2D eigenvalue weighted by atomic mass is 15.1. The third-order valence-corrected chi connectivity index (χ3v) is 4.54. The second kappa shape index (κ2) is 7.68. The first-order valence-corrected chi connectivity index (χ1v) is 8.22. The topological polar surface area (TPSA) is 15.3 Å². The van der Waals surface area contributed by atoms with Gasteiger partial charge in [-0.25, -0.2) is 0 Å². The van der Waals surface area contributed by atoms with Gasteiger partial charge in [-0.1, -0.05) is 31.9 Å². The van der Waals surface area contributed by atoms with Crippen molar-refractivity contribution in [3.05, 3.63) is 29.8 Å². The molecule has 1 aliphatic rings. The average Bonchev–Trinajstić information content (AvgIpc) is 2.97. The van der Waals surface area contributed by atoms with Gasteiger partial charge in [0.25, 0.3) is 0 Å². The Morgan fingerprint density at radius 1 is 1.30 bits per heavy atom. The number of hydrogen-bond donors (Lipinski definition) is 1. The van der Waals surface area contributed by atoms with E-state index in [1.165, 1.54) is 43.4 Å². The predicted molar refractivity (Wildman–Crippen MR) is 88.5 cm³/mol. The molecule has 0 bridgehead atoms. The molecule has 0 heterocycles. The van der Waals surface area contributed by atoms with Gasteiger partial charge in [0.15, 0.2) is 0 Å². The van der Waals surface area contributed by atoms with Crippen molar-refractivity contribution < 1.29 is 0 Å². The molecule has 1 aromatic carbocycles. The molecule has 1 aliphatic carbocycles. The molecule has 2 rings (SSSR count). The van der Waals surface area contributed by atoms with Crippen molar-refractivity contribution in [3.8, 4) is 0 Å². The lowest BCUT2D eigenvalue weighted by Crippen LogP contribution is -2.44. The molecule has 20 heavy (non-hydrogen) atoms. The van der Waals surface area contributed by atoms with E-state index in [-0.39, 0.29) is 0 Å². The predicted octanol–water partition coefficient (Wildman–Crippen LogP) is 3.99. The summed E-state index contributed by atoms with van der Waals surface area (Å²) in [6.07, 6.45) is 6.87. The maximum absolute atomic E-state index is 3.78. The zero-order valence-corrected chi connectivity index (χ0v) is 13.4. The van der Waals surface area contributed by atoms with Crippen LogP contribution in [0, 0.1) is 12.8 Å². The van der Waals surface area contributed by atoms with Crippen molar-refractivity contribution in [2.24, 2.45) is 5.92 Å². The van der Waals surface area contributed by atoms with Gasteiger partial charge in [-0.05, 0) is 56.3 Å². The van der Waals surface area contributed by atoms with Gasteiger partial charge >= 0.3 is 0 Å². The molecule has 2 heteroatoms. The molecule has 1 N–H and O–H groups in total. The molecule has 1 aromatic rings. The van der Waals surface area contributed by atoms with E-state index in [1.807, 2.05) is 0 Å². The smallest absolute Gasteiger partial charge is 0.0366 e. The summed E-state index contributed by atoms with van der Waals surface area (Å²) < 4.78 is 0. The van der Waals surface area contributed by atoms with Gasteiger partial charge in [-0.3, -0.25) is 0 Å². The number of nitrogens with zero attached hydrogens (tertiary/aromatic N) is 1. The molecule has 1 fully saturated rings. The maximum Gasteiger partial charge on any atom is 0.0366 e. The number of rotatable bonds is 7. The number of nitrogens with one attached hydrogen (secondary N) is 1. The highest BCUT2D eigenvalue weighted by molar-refractivity contribution is 5.47. The van der Waals surface area contributed by atoms with Crippen molar-refractivity contribution in [2.75, 3.05) is 25.0 Å². The van der Waals surface area contributed by atoms with E-state index in [4.69, 9.17) is 0 Å². The fourth-order valence-corrected chi connectivity index (χ4v) is 3.34. The molecule has 1 saturated carbocycles. The third-order valence-electron chi connectivity index (χ3n) is 4.54. The molecule has 0 saturated heterocycles. The van der Waals surface area contributed by atoms with Crippen LogP contribution >= 0.6 is 0 Å². The molecular formula is C18H30N2. The summed E-state index contributed by atoms with van der Waals surface area (Å²) in [5.74, 6) is 0.869. The molecular weight excluding hydrogens is 244 g/mol.